The Morgan fingerprint density at radius 3 is 1.07 bits per heavy atom. The van der Waals surface area contributed by atoms with Crippen molar-refractivity contribution in [3.63, 3.8) is 0 Å². The summed E-state index contributed by atoms with van der Waals surface area (Å²) in [4.78, 5) is 86.1. The van der Waals surface area contributed by atoms with Gasteiger partial charge in [-0.1, -0.05) is 102 Å². The van der Waals surface area contributed by atoms with Crippen molar-refractivity contribution in [2.24, 2.45) is 70.8 Å². The maximum Gasteiger partial charge on any atom is 0.161 e. The van der Waals surface area contributed by atoms with E-state index in [1.807, 2.05) is 27.7 Å². The van der Waals surface area contributed by atoms with Crippen molar-refractivity contribution >= 4 is 34.7 Å². The highest BCUT2D eigenvalue weighted by Crippen LogP contribution is 2.51. The lowest BCUT2D eigenvalue weighted by molar-refractivity contribution is -0.130. The van der Waals surface area contributed by atoms with Gasteiger partial charge in [-0.3, -0.25) is 58.2 Å². The second kappa shape index (κ2) is 50.0. The van der Waals surface area contributed by atoms with Crippen molar-refractivity contribution in [1.29, 1.82) is 0 Å². The van der Waals surface area contributed by atoms with E-state index in [1.54, 1.807) is 14.7 Å². The third-order valence-corrected chi connectivity index (χ3v) is 24.4. The minimum atomic E-state index is -4.69. The quantitative estimate of drug-likeness (QED) is 0.0466. The van der Waals surface area contributed by atoms with Crippen LogP contribution in [0.25, 0.3) is 0 Å². The molecule has 6 aromatic carbocycles. The number of carbonyl (C=O) groups excluding carboxylic acids is 6. The monoisotopic (exact) mass is 2030 g/mol. The van der Waals surface area contributed by atoms with Crippen LogP contribution in [0.3, 0.4) is 0 Å². The number of hydrogen-bond acceptors (Lipinski definition) is 24. The number of piperidine rings is 6. The van der Waals surface area contributed by atoms with Gasteiger partial charge in [-0.25, -0.2) is 0 Å². The fourth-order valence-corrected chi connectivity index (χ4v) is 17.7. The fraction of sp³-hybridized carbons (Fsp3) is 0.641. The molecule has 0 spiro atoms. The minimum Gasteiger partial charge on any atom is -0.493 e. The molecule has 0 saturated carbocycles. The van der Waals surface area contributed by atoms with Gasteiger partial charge in [0.25, 0.3) is 0 Å². The number of benzene rings is 6. The van der Waals surface area contributed by atoms with Crippen molar-refractivity contribution in [2.45, 2.75) is 253 Å². The SMILES string of the molecule is [2H]C([2H])([2H])Oc1cc2c(cc1OC([2H])([2H])[2H])C1CC(=O)C(C([2H])([2H])C([2H])(C([2H])([2H])[2H])C([2H])([2H])C)CN1CC2.[2H]C([2H])([2H])Oc1cc2c(cc1OC([2H])([2H])[2H])C1CC(=O)C(CC(C)C)C([2H])([2H])N1CC2.[2H]C([2H])([2H])Oc1cc2c(cc1OC([2H])([2H])[2H])C1N(CC2)CC([2H])(C([2H])([2H])C([2H])(C([2H])([2H])[2H])C([2H])([2H])C)C(=O)C1([2H])[2H].[2H]C([2H])([2H])Oc1cc2c(cc1OC([2H])([2H])[2H])C1N(CC2)CC([2H])(CC(C)C)C(=O)C1([2H])[2H].[2H]c1c(OC([2H])([2H])[2H])c(OC)c([2H])c2c1C([2H])([2H])C([2H])([2H])N1C([2H])([2H])C([2H])(C([2H])([2H])C([2H])(C([2H])([2H])[2H])C([2H])([2H])C)C(=O)C([2H])([2H])C21[2H].[2H]c1c(OC([2H])([2H])[2H])c(OC)c([2H])c2c1C([2H])([2H])C([2H])([2H])N1C([2H])([2H])C([2H])(CC(C)C)C(=O)C([2H])([2H])C21[2H]. The molecule has 0 aliphatic carbocycles. The van der Waals surface area contributed by atoms with E-state index in [2.05, 4.69) is 0 Å². The number of rotatable bonds is 27. The number of methoxy groups -OCH3 is 12. The molecule has 0 radical (unpaired) electrons. The molecule has 6 aromatic rings. The molecule has 12 heterocycles. The molecule has 15 unspecified atom stereocenters. The summed E-state index contributed by atoms with van der Waals surface area (Å²) >= 11 is 0. The highest BCUT2D eigenvalue weighted by atomic mass is 16.5. The summed E-state index contributed by atoms with van der Waals surface area (Å²) in [6.45, 7) is -17.0. The van der Waals surface area contributed by atoms with Crippen LogP contribution in [0.5, 0.6) is 69.0 Å². The number of ether oxygens (including phenoxy) is 12. The summed E-state index contributed by atoms with van der Waals surface area (Å²) < 4.78 is 755. The first-order valence-corrected chi connectivity index (χ1v) is 44.5. The molecule has 12 aliphatic heterocycles. The Labute approximate surface area is 963 Å². The predicted octanol–water partition coefficient (Wildman–Crippen LogP) is 20.6. The Morgan fingerprint density at radius 1 is 0.340 bits per heavy atom. The number of fused-ring (bicyclic) bond motifs is 18. The molecular formula is C117H168N6O18. The van der Waals surface area contributed by atoms with Gasteiger partial charge < -0.3 is 56.8 Å². The van der Waals surface area contributed by atoms with Crippen LogP contribution in [0.4, 0.5) is 0 Å². The summed E-state index contributed by atoms with van der Waals surface area (Å²) in [6, 6.07) is -6.48. The Hall–Kier alpha value is -9.30. The molecule has 6 saturated heterocycles. The molecule has 15 atom stereocenters. The second-order valence-electron chi connectivity index (χ2n) is 34.7. The van der Waals surface area contributed by atoms with Gasteiger partial charge in [0, 0.05) is 257 Å². The molecule has 0 aromatic heterocycles. The maximum atomic E-state index is 14.1. The standard InChI is InChI=1S/3C20H29NO3.3C19H27NO3/c3*1-5-13(2)8-15-12-21-7-6-14-9-19(23-3)20(24-4)10-16(14)17(21)11-18(15)22;3*1-12(2)7-14-11-20-6-5-13-8-18(22-3)19(23-4)9-15(13)16(20)10-17(14)21/h3*9-10,13,15,17H,5-8,11-12H2,1-4H3;3*8-9,12,14,16H,5-7,10-11H2,1-4H3/i2D3,3D3,5D2,6D2,7D2,8D2,9D,10D,11D2,12D2,13D,15D,17D;2D3,3D3,4D3,5D2,8D2,11D2,13D,15D;2D3,3D3,4D3,5D2,8D2,13D;3D3,5D2,6D2,8D,9D,10D2,11D2,14D,16D;3D3,4D3,10D2,14D;3D3,4D3,11D2. The molecule has 18 rings (SSSR count). The molecule has 12 aliphatic rings. The third kappa shape index (κ3) is 25.6. The van der Waals surface area contributed by atoms with E-state index in [0.717, 1.165) is 33.3 Å². The Kier molecular flexibility index (Phi) is 15.1. The summed E-state index contributed by atoms with van der Waals surface area (Å²) in [5.74, 6) is -41.4. The topological polar surface area (TPSA) is 233 Å². The number of hydrogen-bond donors (Lipinski definition) is 0. The Balaban J connectivity index is 0.000000217. The van der Waals surface area contributed by atoms with Crippen molar-refractivity contribution in [2.75, 3.05) is 163 Å². The van der Waals surface area contributed by atoms with Gasteiger partial charge in [-0.2, -0.15) is 0 Å². The molecule has 141 heavy (non-hydrogen) atoms. The van der Waals surface area contributed by atoms with E-state index in [-0.39, 0.29) is 126 Å². The zero-order chi connectivity index (χ0) is 176. The lowest BCUT2D eigenvalue weighted by Gasteiger charge is -2.43. The van der Waals surface area contributed by atoms with E-state index >= 15 is 0 Å². The zero-order valence-electron chi connectivity index (χ0n) is 165. The normalized spacial score (nSPS) is 43.1. The van der Waals surface area contributed by atoms with Gasteiger partial charge in [-0.05, 0) is 252 Å². The number of nitrogens with zero attached hydrogens (tertiary/aromatic N) is 6. The van der Waals surface area contributed by atoms with Crippen LogP contribution in [0, 0.1) is 70.8 Å². The first-order chi connectivity index (χ1) is 101. The molecule has 0 bridgehead atoms. The Bertz CT molecular complexity index is 9330. The van der Waals surface area contributed by atoms with Crippen LogP contribution in [-0.4, -0.2) is 227 Å². The van der Waals surface area contributed by atoms with Gasteiger partial charge in [0.15, 0.2) is 69.0 Å². The lowest BCUT2D eigenvalue weighted by atomic mass is 9.79. The van der Waals surface area contributed by atoms with E-state index in [0.29, 0.717) is 79.6 Å². The van der Waals surface area contributed by atoms with E-state index in [1.165, 1.54) is 55.1 Å². The fourth-order valence-electron chi connectivity index (χ4n) is 17.7. The van der Waals surface area contributed by atoms with Gasteiger partial charge in [0.2, 0.25) is 0 Å². The van der Waals surface area contributed by atoms with Crippen molar-refractivity contribution in [3.8, 4) is 69.0 Å². The minimum absolute atomic E-state index is 0.000481. The van der Waals surface area contributed by atoms with Crippen LogP contribution in [-0.2, 0) is 67.2 Å². The van der Waals surface area contributed by atoms with Gasteiger partial charge in [0.1, 0.15) is 34.7 Å². The molecule has 0 N–H and O–H groups in total. The van der Waals surface area contributed by atoms with Crippen molar-refractivity contribution in [1.82, 2.24) is 29.4 Å². The van der Waals surface area contributed by atoms with Crippen LogP contribution in [0.2, 0.25) is 0 Å². The van der Waals surface area contributed by atoms with E-state index < -0.39 is 423 Å². The maximum absolute atomic E-state index is 14.1. The van der Waals surface area contributed by atoms with E-state index in [4.69, 9.17) is 172 Å². The molecular weight excluding hydrogens is 1780 g/mol. The van der Waals surface area contributed by atoms with Crippen molar-refractivity contribution < 1.29 is 203 Å². The largest absolute Gasteiger partial charge is 0.493 e. The number of carbonyl (C=O) groups is 6. The van der Waals surface area contributed by atoms with E-state index in [9.17, 15) is 31.5 Å². The molecule has 6 fully saturated rings. The number of ketones is 6. The molecule has 24 nitrogen and oxygen atoms in total. The van der Waals surface area contributed by atoms with Gasteiger partial charge in [-0.15, -0.1) is 0 Å². The third-order valence-electron chi connectivity index (χ3n) is 24.4. The summed E-state index contributed by atoms with van der Waals surface area (Å²) in [5, 5.41) is 0. The van der Waals surface area contributed by atoms with Gasteiger partial charge >= 0.3 is 0 Å². The smallest absolute Gasteiger partial charge is 0.161 e. The predicted molar refractivity (Wildman–Crippen MR) is 555 cm³/mol. The average Bonchev–Trinajstić information content (AvgIpc) is 0.623. The Morgan fingerprint density at radius 2 is 0.667 bits per heavy atom. The highest BCUT2D eigenvalue weighted by molar-refractivity contribution is 5.86. The molecule has 0 amide bonds. The van der Waals surface area contributed by atoms with Crippen LogP contribution < -0.4 is 56.8 Å². The summed E-state index contributed by atoms with van der Waals surface area (Å²) in [7, 11) is -28.3. The van der Waals surface area contributed by atoms with Crippen LogP contribution >= 0.6 is 0 Å². The number of Topliss-reactive ketones (excluding diaryl/α,β-unsaturated/α-hetero) is 6. The first kappa shape index (κ1) is 42.6. The molecule has 774 valence electrons. The van der Waals surface area contributed by atoms with Crippen LogP contribution in [0.15, 0.2) is 72.7 Å². The zero-order valence-corrected chi connectivity index (χ0v) is 78.7. The second-order valence-corrected chi connectivity index (χ2v) is 34.7. The molecule has 24 heteroatoms. The summed E-state index contributed by atoms with van der Waals surface area (Å²) in [6.07, 6.45) is -41.1. The average molecular weight is 2030 g/mol. The summed E-state index contributed by atoms with van der Waals surface area (Å²) in [5.41, 5.74) is -1.89. The lowest BCUT2D eigenvalue weighted by Crippen LogP contribution is -2.46. The van der Waals surface area contributed by atoms with Crippen LogP contribution in [0.1, 0.15) is 400 Å². The van der Waals surface area contributed by atoms with Gasteiger partial charge in [0.05, 0.1) is 134 Å². The van der Waals surface area contributed by atoms with Crippen molar-refractivity contribution in [3.05, 3.63) is 139 Å². The first-order valence-electron chi connectivity index (χ1n) is 87.5. The highest BCUT2D eigenvalue weighted by Gasteiger charge is 2.47.